The van der Waals surface area contributed by atoms with E-state index in [1.165, 1.54) is 0 Å². The Hall–Kier alpha value is -2.17. The Kier molecular flexibility index (Phi) is 7.37. The van der Waals surface area contributed by atoms with Crippen LogP contribution >= 0.6 is 0 Å². The highest BCUT2D eigenvalue weighted by Crippen LogP contribution is 2.21. The van der Waals surface area contributed by atoms with Gasteiger partial charge in [-0.25, -0.2) is 0 Å². The number of nitrogens with one attached hydrogen (secondary N) is 1. The predicted octanol–water partition coefficient (Wildman–Crippen LogP) is 3.63. The highest BCUT2D eigenvalue weighted by molar-refractivity contribution is 5.98. The number of aliphatic hydroxyl groups excluding tert-OH is 1. The molecule has 0 aliphatic heterocycles. The maximum atomic E-state index is 12.6. The zero-order valence-electron chi connectivity index (χ0n) is 15.9. The van der Waals surface area contributed by atoms with E-state index in [-0.39, 0.29) is 17.9 Å². The molecule has 0 aliphatic rings. The molecule has 0 saturated carbocycles. The van der Waals surface area contributed by atoms with Gasteiger partial charge >= 0.3 is 0 Å². The molecule has 2 N–H and O–H groups in total. The van der Waals surface area contributed by atoms with Crippen molar-refractivity contribution in [2.45, 2.75) is 45.3 Å². The lowest BCUT2D eigenvalue weighted by atomic mass is 10.0. The Labute approximate surface area is 156 Å². The molecule has 4 heteroatoms. The summed E-state index contributed by atoms with van der Waals surface area (Å²) in [6.07, 6.45) is 0.492. The van der Waals surface area contributed by atoms with Crippen molar-refractivity contribution >= 4 is 5.78 Å². The van der Waals surface area contributed by atoms with Crippen LogP contribution < -0.4 is 10.1 Å². The third-order valence-corrected chi connectivity index (χ3v) is 3.97. The third-order valence-electron chi connectivity index (χ3n) is 3.97. The van der Waals surface area contributed by atoms with Crippen molar-refractivity contribution in [1.29, 1.82) is 0 Å². The topological polar surface area (TPSA) is 58.6 Å². The van der Waals surface area contributed by atoms with E-state index in [4.69, 9.17) is 4.74 Å². The Morgan fingerprint density at radius 3 is 2.42 bits per heavy atom. The van der Waals surface area contributed by atoms with Gasteiger partial charge in [-0.15, -0.1) is 0 Å². The first-order valence-electron chi connectivity index (χ1n) is 9.07. The molecule has 0 unspecified atom stereocenters. The van der Waals surface area contributed by atoms with Crippen LogP contribution in [-0.2, 0) is 6.42 Å². The number of carbonyl (C=O) groups is 1. The van der Waals surface area contributed by atoms with Crippen LogP contribution in [0.2, 0.25) is 0 Å². The van der Waals surface area contributed by atoms with Crippen molar-refractivity contribution in [2.75, 3.05) is 13.2 Å². The molecule has 0 saturated heterocycles. The summed E-state index contributed by atoms with van der Waals surface area (Å²) < 4.78 is 5.73. The molecule has 0 amide bonds. The summed E-state index contributed by atoms with van der Waals surface area (Å²) in [6.45, 7) is 6.71. The summed E-state index contributed by atoms with van der Waals surface area (Å²) in [5.41, 5.74) is 1.65. The van der Waals surface area contributed by atoms with Crippen LogP contribution in [0.3, 0.4) is 0 Å². The lowest BCUT2D eigenvalue weighted by Gasteiger charge is -2.23. The van der Waals surface area contributed by atoms with E-state index in [9.17, 15) is 9.90 Å². The van der Waals surface area contributed by atoms with Gasteiger partial charge in [-0.1, -0.05) is 42.5 Å². The van der Waals surface area contributed by atoms with Gasteiger partial charge in [-0.2, -0.15) is 0 Å². The molecule has 0 spiro atoms. The largest absolute Gasteiger partial charge is 0.490 e. The first-order valence-corrected chi connectivity index (χ1v) is 9.07. The number of ketones is 1. The lowest BCUT2D eigenvalue weighted by Crippen LogP contribution is -2.42. The SMILES string of the molecule is CC(C)(C)NC[C@H](O)COc1ccccc1C(=O)CCc1ccccc1. The van der Waals surface area contributed by atoms with Gasteiger partial charge in [0.15, 0.2) is 5.78 Å². The van der Waals surface area contributed by atoms with Gasteiger partial charge in [0.05, 0.1) is 5.56 Å². The molecular formula is C22H29NO3. The number of aryl methyl sites for hydroxylation is 1. The third kappa shape index (κ3) is 6.98. The van der Waals surface area contributed by atoms with Gasteiger partial charge in [0.25, 0.3) is 0 Å². The fourth-order valence-corrected chi connectivity index (χ4v) is 2.53. The van der Waals surface area contributed by atoms with Gasteiger partial charge in [-0.05, 0) is 44.9 Å². The Balaban J connectivity index is 1.91. The highest BCUT2D eigenvalue weighted by Gasteiger charge is 2.15. The second-order valence-corrected chi connectivity index (χ2v) is 7.50. The number of ether oxygens (including phenoxy) is 1. The molecule has 0 aliphatic carbocycles. The second-order valence-electron chi connectivity index (χ2n) is 7.50. The minimum Gasteiger partial charge on any atom is -0.490 e. The number of para-hydroxylation sites is 1. The Morgan fingerprint density at radius 1 is 1.08 bits per heavy atom. The van der Waals surface area contributed by atoms with Crippen molar-refractivity contribution in [1.82, 2.24) is 5.32 Å². The molecule has 2 rings (SSSR count). The normalized spacial score (nSPS) is 12.6. The van der Waals surface area contributed by atoms with Gasteiger partial charge < -0.3 is 15.2 Å². The van der Waals surface area contributed by atoms with E-state index in [0.29, 0.717) is 30.7 Å². The fourth-order valence-electron chi connectivity index (χ4n) is 2.53. The minimum absolute atomic E-state index is 0.0479. The fraction of sp³-hybridized carbons (Fsp3) is 0.409. The number of β-amino-alcohol motifs (C(OH)–C–C–N with tert-alkyl or cyclic N) is 1. The first kappa shape index (κ1) is 20.1. The lowest BCUT2D eigenvalue weighted by molar-refractivity contribution is 0.0933. The molecule has 4 nitrogen and oxygen atoms in total. The van der Waals surface area contributed by atoms with E-state index < -0.39 is 6.10 Å². The smallest absolute Gasteiger partial charge is 0.166 e. The van der Waals surface area contributed by atoms with Crippen LogP contribution in [0.15, 0.2) is 54.6 Å². The van der Waals surface area contributed by atoms with E-state index in [2.05, 4.69) is 5.32 Å². The second kappa shape index (κ2) is 9.51. The van der Waals surface area contributed by atoms with Gasteiger partial charge in [0.1, 0.15) is 18.5 Å². The minimum atomic E-state index is -0.637. The molecule has 1 atom stereocenters. The summed E-state index contributed by atoms with van der Waals surface area (Å²) in [6, 6.07) is 17.2. The quantitative estimate of drug-likeness (QED) is 0.675. The van der Waals surface area contributed by atoms with Crippen molar-refractivity contribution in [3.8, 4) is 5.75 Å². The van der Waals surface area contributed by atoms with E-state index in [0.717, 1.165) is 5.56 Å². The molecule has 2 aromatic rings. The number of carbonyl (C=O) groups excluding carboxylic acids is 1. The summed E-state index contributed by atoms with van der Waals surface area (Å²) in [7, 11) is 0. The predicted molar refractivity (Wildman–Crippen MR) is 105 cm³/mol. The number of aliphatic hydroxyl groups is 1. The van der Waals surface area contributed by atoms with E-state index in [1.54, 1.807) is 12.1 Å². The van der Waals surface area contributed by atoms with Crippen LogP contribution in [0, 0.1) is 0 Å². The average molecular weight is 355 g/mol. The molecule has 2 aromatic carbocycles. The van der Waals surface area contributed by atoms with Crippen molar-refractivity contribution in [3.63, 3.8) is 0 Å². The summed E-state index contributed by atoms with van der Waals surface area (Å²) >= 11 is 0. The maximum absolute atomic E-state index is 12.6. The van der Waals surface area contributed by atoms with Gasteiger partial charge in [-0.3, -0.25) is 4.79 Å². The average Bonchev–Trinajstić information content (AvgIpc) is 2.63. The number of hydrogen-bond donors (Lipinski definition) is 2. The number of hydrogen-bond acceptors (Lipinski definition) is 4. The molecule has 0 heterocycles. The maximum Gasteiger partial charge on any atom is 0.166 e. The number of Topliss-reactive ketones (excluding diaryl/α,β-unsaturated/α-hetero) is 1. The molecule has 140 valence electrons. The standard InChI is InChI=1S/C22H29NO3/c1-22(2,3)23-15-18(24)16-26-21-12-8-7-11-19(21)20(25)14-13-17-9-5-4-6-10-17/h4-12,18,23-24H,13-16H2,1-3H3/t18-/m0/s1. The summed E-state index contributed by atoms with van der Waals surface area (Å²) in [5.74, 6) is 0.576. The van der Waals surface area contributed by atoms with Crippen molar-refractivity contribution in [3.05, 3.63) is 65.7 Å². The molecule has 0 bridgehead atoms. The van der Waals surface area contributed by atoms with Crippen molar-refractivity contribution < 1.29 is 14.6 Å². The molecule has 26 heavy (non-hydrogen) atoms. The van der Waals surface area contributed by atoms with Gasteiger partial charge in [0, 0.05) is 18.5 Å². The van der Waals surface area contributed by atoms with E-state index in [1.807, 2.05) is 63.2 Å². The van der Waals surface area contributed by atoms with Crippen LogP contribution in [-0.4, -0.2) is 35.7 Å². The zero-order chi connectivity index (χ0) is 19.0. The van der Waals surface area contributed by atoms with E-state index >= 15 is 0 Å². The van der Waals surface area contributed by atoms with Gasteiger partial charge in [0.2, 0.25) is 0 Å². The zero-order valence-corrected chi connectivity index (χ0v) is 15.9. The van der Waals surface area contributed by atoms with Crippen LogP contribution in [0.4, 0.5) is 0 Å². The molecule has 0 fully saturated rings. The van der Waals surface area contributed by atoms with Crippen molar-refractivity contribution in [2.24, 2.45) is 0 Å². The molecule has 0 aromatic heterocycles. The number of benzene rings is 2. The molecular weight excluding hydrogens is 326 g/mol. The molecule has 0 radical (unpaired) electrons. The Morgan fingerprint density at radius 2 is 1.73 bits per heavy atom. The summed E-state index contributed by atoms with van der Waals surface area (Å²) in [4.78, 5) is 12.6. The van der Waals surface area contributed by atoms with Crippen LogP contribution in [0.5, 0.6) is 5.75 Å². The first-order chi connectivity index (χ1) is 12.3. The number of rotatable bonds is 9. The summed E-state index contributed by atoms with van der Waals surface area (Å²) in [5, 5.41) is 13.3. The Bertz CT molecular complexity index is 692. The monoisotopic (exact) mass is 355 g/mol. The van der Waals surface area contributed by atoms with Crippen LogP contribution in [0.1, 0.15) is 43.1 Å². The van der Waals surface area contributed by atoms with Crippen LogP contribution in [0.25, 0.3) is 0 Å². The highest BCUT2D eigenvalue weighted by atomic mass is 16.5.